The molecule has 0 spiro atoms. The van der Waals surface area contributed by atoms with E-state index in [0.717, 1.165) is 50.5 Å². The fraction of sp³-hybridized carbons (Fsp3) is 0.632. The minimum Gasteiger partial charge on any atom is -0.339 e. The van der Waals surface area contributed by atoms with E-state index in [0.29, 0.717) is 17.0 Å². The van der Waals surface area contributed by atoms with Crippen molar-refractivity contribution < 1.29 is 13.2 Å². The van der Waals surface area contributed by atoms with Crippen LogP contribution in [0.2, 0.25) is 0 Å². The van der Waals surface area contributed by atoms with Crippen LogP contribution in [0.1, 0.15) is 47.2 Å². The van der Waals surface area contributed by atoms with Crippen LogP contribution in [0.3, 0.4) is 0 Å². The molecule has 2 saturated heterocycles. The smallest absolute Gasteiger partial charge is 0.253 e. The fourth-order valence-corrected chi connectivity index (χ4v) is 5.20. The molecule has 0 aromatic heterocycles. The summed E-state index contributed by atoms with van der Waals surface area (Å²) in [6.07, 6.45) is 4.52. The number of hydrogen-bond donors (Lipinski definition) is 2. The molecule has 1 aromatic carbocycles. The quantitative estimate of drug-likeness (QED) is 0.791. The number of carbonyl (C=O) groups excluding carboxylic acids is 1. The predicted octanol–water partition coefficient (Wildman–Crippen LogP) is 2.22. The van der Waals surface area contributed by atoms with Crippen LogP contribution in [-0.2, 0) is 10.0 Å². The summed E-state index contributed by atoms with van der Waals surface area (Å²) in [4.78, 5) is 14.8. The van der Waals surface area contributed by atoms with Crippen LogP contribution < -0.4 is 10.5 Å². The third-order valence-electron chi connectivity index (χ3n) is 6.05. The van der Waals surface area contributed by atoms with E-state index >= 15 is 0 Å². The highest BCUT2D eigenvalue weighted by Gasteiger charge is 2.30. The van der Waals surface area contributed by atoms with Crippen molar-refractivity contribution in [1.82, 2.24) is 10.2 Å². The molecular weight excluding hydrogens is 386 g/mol. The molecule has 2 aliphatic rings. The lowest BCUT2D eigenvalue weighted by atomic mass is 9.79. The third-order valence-corrected chi connectivity index (χ3v) is 7.09. The van der Waals surface area contributed by atoms with E-state index in [1.54, 1.807) is 13.0 Å². The van der Waals surface area contributed by atoms with Crippen molar-refractivity contribution in [2.45, 2.75) is 44.4 Å². The molecule has 8 heteroatoms. The lowest BCUT2D eigenvalue weighted by Crippen LogP contribution is -2.42. The lowest BCUT2D eigenvalue weighted by molar-refractivity contribution is 0.0642. The molecule has 1 amide bonds. The van der Waals surface area contributed by atoms with E-state index in [1.807, 2.05) is 11.8 Å². The summed E-state index contributed by atoms with van der Waals surface area (Å²) in [5, 5.41) is 8.72. The first kappa shape index (κ1) is 22.1. The number of sulfonamides is 1. The topological polar surface area (TPSA) is 92.5 Å². The summed E-state index contributed by atoms with van der Waals surface area (Å²) in [5.41, 5.74) is 1.79. The van der Waals surface area contributed by atoms with Gasteiger partial charge in [0.1, 0.15) is 0 Å². The monoisotopic (exact) mass is 415 g/mol. The summed E-state index contributed by atoms with van der Waals surface area (Å²) >= 11 is 0. The van der Waals surface area contributed by atoms with E-state index in [9.17, 15) is 13.2 Å². The second-order valence-corrected chi connectivity index (χ2v) is 9.21. The maximum absolute atomic E-state index is 12.9. The molecule has 0 aliphatic carbocycles. The SMILES string of the molecule is Cc1cc(C(=O)N2CCC(C3CCNCC3)CC2)cc(S(N)(=O)=O)c1C.Cl. The molecule has 3 N–H and O–H groups in total. The van der Waals surface area contributed by atoms with E-state index in [-0.39, 0.29) is 23.2 Å². The zero-order chi connectivity index (χ0) is 18.9. The van der Waals surface area contributed by atoms with E-state index in [2.05, 4.69) is 5.32 Å². The number of primary sulfonamides is 1. The third kappa shape index (κ3) is 5.02. The Kier molecular flexibility index (Phi) is 7.30. The predicted molar refractivity (Wildman–Crippen MR) is 109 cm³/mol. The minimum absolute atomic E-state index is 0. The van der Waals surface area contributed by atoms with Gasteiger partial charge in [-0.1, -0.05) is 0 Å². The molecule has 2 fully saturated rings. The van der Waals surface area contributed by atoms with Crippen molar-refractivity contribution in [2.24, 2.45) is 17.0 Å². The molecule has 1 aromatic rings. The Hall–Kier alpha value is -1.15. The Morgan fingerprint density at radius 2 is 1.63 bits per heavy atom. The highest BCUT2D eigenvalue weighted by Crippen LogP contribution is 2.31. The largest absolute Gasteiger partial charge is 0.339 e. The maximum Gasteiger partial charge on any atom is 0.253 e. The van der Waals surface area contributed by atoms with Gasteiger partial charge in [-0.2, -0.15) is 0 Å². The van der Waals surface area contributed by atoms with Gasteiger partial charge in [0, 0.05) is 18.7 Å². The molecule has 0 bridgehead atoms. The average Bonchev–Trinajstić information content (AvgIpc) is 2.63. The Morgan fingerprint density at radius 3 is 2.19 bits per heavy atom. The fourth-order valence-electron chi connectivity index (χ4n) is 4.32. The van der Waals surface area contributed by atoms with E-state index < -0.39 is 10.0 Å². The second-order valence-electron chi connectivity index (χ2n) is 7.68. The number of benzene rings is 1. The summed E-state index contributed by atoms with van der Waals surface area (Å²) in [7, 11) is -3.84. The Labute approximate surface area is 168 Å². The second kappa shape index (κ2) is 8.90. The van der Waals surface area contributed by atoms with Crippen LogP contribution in [0.15, 0.2) is 17.0 Å². The molecule has 0 unspecified atom stereocenters. The molecule has 152 valence electrons. The van der Waals surface area contributed by atoms with Gasteiger partial charge in [-0.3, -0.25) is 4.79 Å². The Balaban J connectivity index is 0.00000261. The van der Waals surface area contributed by atoms with Crippen molar-refractivity contribution in [2.75, 3.05) is 26.2 Å². The van der Waals surface area contributed by atoms with Crippen molar-refractivity contribution in [3.8, 4) is 0 Å². The highest BCUT2D eigenvalue weighted by molar-refractivity contribution is 7.89. The summed E-state index contributed by atoms with van der Waals surface area (Å²) < 4.78 is 23.6. The summed E-state index contributed by atoms with van der Waals surface area (Å²) in [5.74, 6) is 1.37. The van der Waals surface area contributed by atoms with Crippen LogP contribution in [0.25, 0.3) is 0 Å². The number of amides is 1. The molecule has 2 heterocycles. The Bertz CT molecular complexity index is 784. The standard InChI is InChI=1S/C19H29N3O3S.ClH/c1-13-11-17(12-18(14(13)2)26(20,24)25)19(23)22-9-5-16(6-10-22)15-3-7-21-8-4-15;/h11-12,15-16,21H,3-10H2,1-2H3,(H2,20,24,25);1H. The van der Waals surface area contributed by atoms with Gasteiger partial charge in [0.2, 0.25) is 10.0 Å². The molecule has 0 saturated carbocycles. The molecule has 0 radical (unpaired) electrons. The van der Waals surface area contributed by atoms with Gasteiger partial charge in [0.25, 0.3) is 5.91 Å². The number of nitrogens with one attached hydrogen (secondary N) is 1. The molecule has 3 rings (SSSR count). The van der Waals surface area contributed by atoms with Crippen molar-refractivity contribution in [3.63, 3.8) is 0 Å². The number of hydrogen-bond acceptors (Lipinski definition) is 4. The van der Waals surface area contributed by atoms with Crippen LogP contribution in [0, 0.1) is 25.7 Å². The van der Waals surface area contributed by atoms with Gasteiger partial charge in [-0.15, -0.1) is 12.4 Å². The number of aryl methyl sites for hydroxylation is 1. The normalized spacial score (nSPS) is 19.6. The summed E-state index contributed by atoms with van der Waals surface area (Å²) in [6, 6.07) is 3.20. The first-order valence-electron chi connectivity index (χ1n) is 9.41. The number of likely N-dealkylation sites (tertiary alicyclic amines) is 1. The van der Waals surface area contributed by atoms with Crippen molar-refractivity contribution in [3.05, 3.63) is 28.8 Å². The van der Waals surface area contributed by atoms with Gasteiger partial charge in [0.05, 0.1) is 4.90 Å². The number of nitrogens with two attached hydrogens (primary N) is 1. The zero-order valence-corrected chi connectivity index (χ0v) is 17.7. The number of carbonyl (C=O) groups is 1. The highest BCUT2D eigenvalue weighted by atomic mass is 35.5. The first-order chi connectivity index (χ1) is 12.3. The van der Waals surface area contributed by atoms with Crippen molar-refractivity contribution in [1.29, 1.82) is 0 Å². The molecular formula is C19H30ClN3O3S. The zero-order valence-electron chi connectivity index (χ0n) is 16.0. The van der Waals surface area contributed by atoms with Crippen LogP contribution in [0.5, 0.6) is 0 Å². The minimum atomic E-state index is -3.84. The number of rotatable bonds is 3. The number of halogens is 1. The lowest BCUT2D eigenvalue weighted by Gasteiger charge is -2.38. The van der Waals surface area contributed by atoms with Gasteiger partial charge >= 0.3 is 0 Å². The van der Waals surface area contributed by atoms with Gasteiger partial charge in [-0.05, 0) is 87.7 Å². The average molecular weight is 416 g/mol. The van der Waals surface area contributed by atoms with Gasteiger partial charge in [0.15, 0.2) is 0 Å². The number of piperidine rings is 2. The van der Waals surface area contributed by atoms with Crippen LogP contribution in [-0.4, -0.2) is 45.4 Å². The van der Waals surface area contributed by atoms with Crippen LogP contribution in [0.4, 0.5) is 0 Å². The van der Waals surface area contributed by atoms with Gasteiger partial charge in [-0.25, -0.2) is 13.6 Å². The maximum atomic E-state index is 12.9. The molecule has 2 aliphatic heterocycles. The molecule has 0 atom stereocenters. The van der Waals surface area contributed by atoms with Crippen LogP contribution >= 0.6 is 12.4 Å². The molecule has 27 heavy (non-hydrogen) atoms. The van der Waals surface area contributed by atoms with Crippen molar-refractivity contribution >= 4 is 28.3 Å². The van der Waals surface area contributed by atoms with E-state index in [4.69, 9.17) is 5.14 Å². The van der Waals surface area contributed by atoms with Gasteiger partial charge < -0.3 is 10.2 Å². The molecule has 6 nitrogen and oxygen atoms in total. The first-order valence-corrected chi connectivity index (χ1v) is 11.0. The number of nitrogens with zero attached hydrogens (tertiary/aromatic N) is 1. The Morgan fingerprint density at radius 1 is 1.07 bits per heavy atom. The summed E-state index contributed by atoms with van der Waals surface area (Å²) in [6.45, 7) is 7.21. The van der Waals surface area contributed by atoms with E-state index in [1.165, 1.54) is 18.9 Å².